The Labute approximate surface area is 208 Å². The van der Waals surface area contributed by atoms with Crippen molar-refractivity contribution in [3.05, 3.63) is 0 Å². The number of nitrogens with two attached hydrogens (primary N) is 3. The van der Waals surface area contributed by atoms with E-state index in [0.29, 0.717) is 0 Å². The number of aliphatic hydroxyl groups is 3. The van der Waals surface area contributed by atoms with Gasteiger partial charge in [-0.3, -0.25) is 0 Å². The molecule has 0 aliphatic rings. The minimum atomic E-state index is -3.69. The number of carbonyl (C=O) groups is 3. The molecule has 0 amide bonds. The van der Waals surface area contributed by atoms with Gasteiger partial charge in [-0.2, -0.15) is 4.90 Å². The van der Waals surface area contributed by atoms with E-state index in [1.54, 1.807) is 0 Å². The monoisotopic (exact) mass is 392 g/mol. The van der Waals surface area contributed by atoms with Gasteiger partial charge in [0.25, 0.3) is 0 Å². The number of nitrogens with zero attached hydrogens (tertiary/aromatic N) is 1. The maximum absolute atomic E-state index is 11.1. The van der Waals surface area contributed by atoms with Crippen LogP contribution in [0.5, 0.6) is 0 Å². The van der Waals surface area contributed by atoms with Crippen LogP contribution in [-0.4, -0.2) is 74.9 Å². The van der Waals surface area contributed by atoms with Crippen molar-refractivity contribution in [3.8, 4) is 0 Å². The van der Waals surface area contributed by atoms with Gasteiger partial charge in [0.05, 0.1) is 17.9 Å². The van der Waals surface area contributed by atoms with Gasteiger partial charge >= 0.3 is 88.7 Å². The first-order valence-electron chi connectivity index (χ1n) is 5.60. The number of hydrogen-bond donors (Lipinski definition) is 6. The Balaban J connectivity index is -0.000000735. The second kappa shape index (κ2) is 12.6. The Kier molecular flexibility index (Phi) is 16.9. The standard InChI is InChI=1S/C9H18N4O9.3Na/c10-1-7(20,4(14)15)13(8(21,2-11)5(16)17)9(22,3-12)6(18)19;;;/h20-22H,1-3,10-12H2,(H,14,15)(H,16,17)(H,18,19);;;/q;3*+1/p-3. The SMILES string of the molecule is NCC(O)(C(=O)[O-])N(C(O)(CN)C(=O)[O-])C(O)(CN)C(=O)[O-].[Na+].[Na+].[Na+]. The number of carboxylic acid groups (broad SMARTS) is 3. The number of rotatable bonds is 9. The molecule has 0 heterocycles. The molecule has 3 unspecified atom stereocenters. The number of aliphatic carboxylic acids is 3. The maximum atomic E-state index is 11.1. The van der Waals surface area contributed by atoms with E-state index in [1.807, 2.05) is 0 Å². The molecule has 0 spiro atoms. The average molecular weight is 392 g/mol. The predicted molar refractivity (Wildman–Crippen MR) is 58.9 cm³/mol. The van der Waals surface area contributed by atoms with Crippen molar-refractivity contribution in [2.75, 3.05) is 19.6 Å². The van der Waals surface area contributed by atoms with Crippen molar-refractivity contribution in [3.63, 3.8) is 0 Å². The summed E-state index contributed by atoms with van der Waals surface area (Å²) in [6.07, 6.45) is 0. The van der Waals surface area contributed by atoms with Crippen molar-refractivity contribution in [2.45, 2.75) is 17.2 Å². The first-order chi connectivity index (χ1) is 9.88. The molecule has 9 N–H and O–H groups in total. The molecule has 0 bridgehead atoms. The van der Waals surface area contributed by atoms with Crippen LogP contribution < -0.4 is 121 Å². The molecule has 25 heavy (non-hydrogen) atoms. The van der Waals surface area contributed by atoms with Gasteiger partial charge in [0.15, 0.2) is 17.2 Å². The zero-order valence-electron chi connectivity index (χ0n) is 14.1. The van der Waals surface area contributed by atoms with E-state index in [4.69, 9.17) is 17.2 Å². The van der Waals surface area contributed by atoms with Gasteiger partial charge in [0.2, 0.25) is 0 Å². The van der Waals surface area contributed by atoms with Gasteiger partial charge < -0.3 is 62.2 Å². The Morgan fingerprint density at radius 1 is 0.680 bits per heavy atom. The van der Waals surface area contributed by atoms with Crippen LogP contribution in [0.25, 0.3) is 0 Å². The van der Waals surface area contributed by atoms with Gasteiger partial charge in [-0.25, -0.2) is 0 Å². The molecule has 13 nitrogen and oxygen atoms in total. The second-order valence-electron chi connectivity index (χ2n) is 4.26. The van der Waals surface area contributed by atoms with Gasteiger partial charge in [-0.05, 0) is 0 Å². The van der Waals surface area contributed by atoms with Crippen LogP contribution >= 0.6 is 0 Å². The quantitative estimate of drug-likeness (QED) is 0.157. The van der Waals surface area contributed by atoms with E-state index in [9.17, 15) is 45.0 Å². The third-order valence-corrected chi connectivity index (χ3v) is 2.94. The molecule has 128 valence electrons. The zero-order chi connectivity index (χ0) is 17.9. The Hall–Kier alpha value is 1.13. The molecule has 0 aromatic carbocycles. The number of carbonyl (C=O) groups excluding carboxylic acids is 3. The van der Waals surface area contributed by atoms with E-state index in [-0.39, 0.29) is 88.7 Å². The molecule has 0 saturated carbocycles. The minimum Gasteiger partial charge on any atom is -0.545 e. The summed E-state index contributed by atoms with van der Waals surface area (Å²) in [5, 5.41) is 62.9. The maximum Gasteiger partial charge on any atom is 1.00 e. The molecule has 0 radical (unpaired) electrons. The second-order valence-corrected chi connectivity index (χ2v) is 4.26. The van der Waals surface area contributed by atoms with Crippen LogP contribution in [0.2, 0.25) is 0 Å². The Morgan fingerprint density at radius 2 is 0.840 bits per heavy atom. The van der Waals surface area contributed by atoms with Crippen molar-refractivity contribution < 1.29 is 134 Å². The molecule has 0 aliphatic heterocycles. The van der Waals surface area contributed by atoms with Crippen molar-refractivity contribution in [2.24, 2.45) is 17.2 Å². The number of carboxylic acids is 3. The predicted octanol–water partition coefficient (Wildman–Crippen LogP) is -18.5. The van der Waals surface area contributed by atoms with Crippen molar-refractivity contribution >= 4 is 17.9 Å². The van der Waals surface area contributed by atoms with Crippen LogP contribution in [-0.2, 0) is 14.4 Å². The summed E-state index contributed by atoms with van der Waals surface area (Å²) in [7, 11) is 0. The molecular weight excluding hydrogens is 377 g/mol. The van der Waals surface area contributed by atoms with Gasteiger partial charge in [-0.15, -0.1) is 0 Å². The fourth-order valence-corrected chi connectivity index (χ4v) is 1.72. The molecule has 0 aromatic heterocycles. The van der Waals surface area contributed by atoms with E-state index in [2.05, 4.69) is 0 Å². The van der Waals surface area contributed by atoms with Crippen molar-refractivity contribution in [1.82, 2.24) is 4.90 Å². The molecule has 0 aliphatic carbocycles. The number of hydrogen-bond acceptors (Lipinski definition) is 13. The third-order valence-electron chi connectivity index (χ3n) is 2.94. The third kappa shape index (κ3) is 6.32. The summed E-state index contributed by atoms with van der Waals surface area (Å²) < 4.78 is 0. The van der Waals surface area contributed by atoms with Crippen molar-refractivity contribution in [1.29, 1.82) is 0 Å². The van der Waals surface area contributed by atoms with E-state index in [0.717, 1.165) is 0 Å². The summed E-state index contributed by atoms with van der Waals surface area (Å²) in [6, 6.07) is 0. The van der Waals surface area contributed by atoms with Crippen LogP contribution in [0.15, 0.2) is 0 Å². The smallest absolute Gasteiger partial charge is 0.545 e. The normalized spacial score (nSPS) is 17.4. The summed E-state index contributed by atoms with van der Waals surface area (Å²) in [6.45, 7) is -4.25. The molecule has 0 rings (SSSR count). The van der Waals surface area contributed by atoms with Crippen LogP contribution in [0.3, 0.4) is 0 Å². The largest absolute Gasteiger partial charge is 1.00 e. The first kappa shape index (κ1) is 33.7. The summed E-state index contributed by atoms with van der Waals surface area (Å²) in [4.78, 5) is 32.4. The average Bonchev–Trinajstić information content (AvgIpc) is 2.45. The molecule has 0 saturated heterocycles. The van der Waals surface area contributed by atoms with Crippen LogP contribution in [0.1, 0.15) is 0 Å². The fourth-order valence-electron chi connectivity index (χ4n) is 1.72. The summed E-state index contributed by atoms with van der Waals surface area (Å²) >= 11 is 0. The molecular formula is C9H15N4Na3O9. The zero-order valence-corrected chi connectivity index (χ0v) is 20.1. The molecule has 0 aromatic rings. The topological polar surface area (TPSA) is 262 Å². The summed E-state index contributed by atoms with van der Waals surface area (Å²) in [5.74, 6) is -7.64. The Morgan fingerprint density at radius 3 is 0.920 bits per heavy atom. The van der Waals surface area contributed by atoms with E-state index < -0.39 is 59.6 Å². The van der Waals surface area contributed by atoms with Gasteiger partial charge in [-0.1, -0.05) is 0 Å². The first-order valence-corrected chi connectivity index (χ1v) is 5.60. The minimum absolute atomic E-state index is 0. The van der Waals surface area contributed by atoms with E-state index in [1.165, 1.54) is 0 Å². The molecule has 16 heteroatoms. The van der Waals surface area contributed by atoms with Gasteiger partial charge in [0.1, 0.15) is 0 Å². The summed E-state index contributed by atoms with van der Waals surface area (Å²) in [5.41, 5.74) is 3.83. The fraction of sp³-hybridized carbons (Fsp3) is 0.667. The van der Waals surface area contributed by atoms with Crippen LogP contribution in [0, 0.1) is 0 Å². The Bertz CT molecular complexity index is 421. The molecule has 3 atom stereocenters. The van der Waals surface area contributed by atoms with E-state index >= 15 is 0 Å². The van der Waals surface area contributed by atoms with Crippen LogP contribution in [0.4, 0.5) is 0 Å². The molecule has 0 fully saturated rings. The van der Waals surface area contributed by atoms with Gasteiger partial charge in [0, 0.05) is 19.6 Å².